The zero-order valence-corrected chi connectivity index (χ0v) is 17.2. The van der Waals surface area contributed by atoms with Crippen molar-refractivity contribution in [3.63, 3.8) is 0 Å². The van der Waals surface area contributed by atoms with Gasteiger partial charge in [0, 0.05) is 12.5 Å². The van der Waals surface area contributed by atoms with E-state index in [1.165, 1.54) is 24.2 Å². The van der Waals surface area contributed by atoms with E-state index in [2.05, 4.69) is 10.6 Å². The van der Waals surface area contributed by atoms with E-state index < -0.39 is 12.1 Å². The predicted octanol–water partition coefficient (Wildman–Crippen LogP) is 2.85. The quantitative estimate of drug-likeness (QED) is 0.697. The molecule has 0 radical (unpaired) electrons. The summed E-state index contributed by atoms with van der Waals surface area (Å²) in [4.78, 5) is 38.5. The number of carbonyl (C=O) groups is 3. The normalized spacial score (nSPS) is 21.9. The van der Waals surface area contributed by atoms with Gasteiger partial charge in [0.15, 0.2) is 11.5 Å². The number of nitrogens with zero attached hydrogens (tertiary/aromatic N) is 1. The first-order valence-corrected chi connectivity index (χ1v) is 10.9. The number of nitrogens with one attached hydrogen (secondary N) is 2. The first-order chi connectivity index (χ1) is 14.6. The molecule has 0 spiro atoms. The number of benzene rings is 1. The van der Waals surface area contributed by atoms with E-state index >= 15 is 0 Å². The van der Waals surface area contributed by atoms with Gasteiger partial charge in [0.1, 0.15) is 6.04 Å². The molecule has 1 aliphatic carbocycles. The van der Waals surface area contributed by atoms with Crippen molar-refractivity contribution in [3.05, 3.63) is 23.8 Å². The summed E-state index contributed by atoms with van der Waals surface area (Å²) in [6.45, 7) is 0.332. The van der Waals surface area contributed by atoms with Gasteiger partial charge in [-0.15, -0.1) is 0 Å². The van der Waals surface area contributed by atoms with Gasteiger partial charge in [-0.25, -0.2) is 4.79 Å². The highest BCUT2D eigenvalue weighted by molar-refractivity contribution is 6.04. The second-order valence-corrected chi connectivity index (χ2v) is 8.26. The van der Waals surface area contributed by atoms with Gasteiger partial charge < -0.3 is 20.1 Å². The van der Waals surface area contributed by atoms with Crippen molar-refractivity contribution in [2.45, 2.75) is 76.4 Å². The Kier molecular flexibility index (Phi) is 6.40. The molecule has 1 atom stereocenters. The average molecular weight is 415 g/mol. The molecule has 1 aromatic rings. The Balaban J connectivity index is 1.26. The molecule has 2 fully saturated rings. The molecule has 1 saturated heterocycles. The second-order valence-electron chi connectivity index (χ2n) is 8.26. The predicted molar refractivity (Wildman–Crippen MR) is 109 cm³/mol. The van der Waals surface area contributed by atoms with Crippen LogP contribution in [-0.4, -0.2) is 41.6 Å². The Bertz CT molecular complexity index is 804. The lowest BCUT2D eigenvalue weighted by Gasteiger charge is -2.21. The maximum absolute atomic E-state index is 12.7. The van der Waals surface area contributed by atoms with Crippen LogP contribution in [0.15, 0.2) is 18.2 Å². The smallest absolute Gasteiger partial charge is 0.325 e. The van der Waals surface area contributed by atoms with E-state index in [1.54, 1.807) is 12.1 Å². The third-order valence-electron chi connectivity index (χ3n) is 6.02. The highest BCUT2D eigenvalue weighted by Gasteiger charge is 2.38. The maximum Gasteiger partial charge on any atom is 0.325 e. The molecule has 162 valence electrons. The summed E-state index contributed by atoms with van der Waals surface area (Å²) in [5, 5.41) is 5.81. The fourth-order valence-corrected chi connectivity index (χ4v) is 4.32. The van der Waals surface area contributed by atoms with Crippen molar-refractivity contribution in [2.24, 2.45) is 0 Å². The Morgan fingerprint density at radius 2 is 1.80 bits per heavy atom. The van der Waals surface area contributed by atoms with Crippen LogP contribution in [0, 0.1) is 0 Å². The third-order valence-corrected chi connectivity index (χ3v) is 6.02. The molecule has 1 unspecified atom stereocenters. The van der Waals surface area contributed by atoms with Crippen LogP contribution in [0.1, 0.15) is 63.4 Å². The lowest BCUT2D eigenvalue weighted by atomic mass is 9.96. The van der Waals surface area contributed by atoms with Crippen LogP contribution in [0.2, 0.25) is 0 Å². The molecule has 2 aliphatic heterocycles. The molecule has 1 saturated carbocycles. The molecule has 3 aliphatic rings. The van der Waals surface area contributed by atoms with Crippen LogP contribution in [0.4, 0.5) is 4.79 Å². The number of rotatable bonds is 6. The Labute approximate surface area is 176 Å². The Morgan fingerprint density at radius 3 is 2.60 bits per heavy atom. The zero-order chi connectivity index (χ0) is 20.9. The molecule has 30 heavy (non-hydrogen) atoms. The Morgan fingerprint density at radius 1 is 1.07 bits per heavy atom. The molecule has 8 nitrogen and oxygen atoms in total. The van der Waals surface area contributed by atoms with Gasteiger partial charge in [0.25, 0.3) is 5.91 Å². The summed E-state index contributed by atoms with van der Waals surface area (Å²) in [6, 6.07) is 4.50. The molecule has 8 heteroatoms. The minimum atomic E-state index is -0.658. The lowest BCUT2D eigenvalue weighted by Crippen LogP contribution is -2.37. The minimum absolute atomic E-state index is 0.0446. The fraction of sp³-hybridized carbons (Fsp3) is 0.591. The van der Waals surface area contributed by atoms with Crippen molar-refractivity contribution in [1.82, 2.24) is 15.5 Å². The van der Waals surface area contributed by atoms with Gasteiger partial charge in [-0.2, -0.15) is 0 Å². The summed E-state index contributed by atoms with van der Waals surface area (Å²) >= 11 is 0. The molecule has 2 heterocycles. The number of imide groups is 1. The molecule has 4 rings (SSSR count). The van der Waals surface area contributed by atoms with Gasteiger partial charge in [0.2, 0.25) is 12.7 Å². The summed E-state index contributed by atoms with van der Waals surface area (Å²) < 4.78 is 10.6. The summed E-state index contributed by atoms with van der Waals surface area (Å²) in [5.74, 6) is 0.930. The molecule has 2 N–H and O–H groups in total. The zero-order valence-electron chi connectivity index (χ0n) is 17.2. The van der Waals surface area contributed by atoms with E-state index in [-0.39, 0.29) is 37.6 Å². The first kappa shape index (κ1) is 20.5. The summed E-state index contributed by atoms with van der Waals surface area (Å²) in [5.41, 5.74) is 0.783. The lowest BCUT2D eigenvalue weighted by molar-refractivity contribution is -0.128. The van der Waals surface area contributed by atoms with Gasteiger partial charge in [0.05, 0.1) is 6.54 Å². The molecule has 1 aromatic carbocycles. The van der Waals surface area contributed by atoms with Crippen molar-refractivity contribution >= 4 is 17.8 Å². The highest BCUT2D eigenvalue weighted by Crippen LogP contribution is 2.33. The average Bonchev–Trinajstić information content (AvgIpc) is 3.28. The standard InChI is InChI=1S/C22H29N3O5/c26-20(23-16-6-4-2-1-3-5-7-16)11-9-17-21(27)25(22(28)24-17)13-15-8-10-18-19(12-15)30-14-29-18/h8,10,12,16-17H,1-7,9,11,13-14H2,(H,23,26)(H,24,28). The monoisotopic (exact) mass is 415 g/mol. The molecule has 0 aromatic heterocycles. The van der Waals surface area contributed by atoms with E-state index in [0.29, 0.717) is 17.9 Å². The van der Waals surface area contributed by atoms with Crippen molar-refractivity contribution in [1.29, 1.82) is 0 Å². The Hall–Kier alpha value is -2.77. The van der Waals surface area contributed by atoms with Crippen LogP contribution in [0.3, 0.4) is 0 Å². The number of hydrogen-bond acceptors (Lipinski definition) is 5. The molecule has 0 bridgehead atoms. The highest BCUT2D eigenvalue weighted by atomic mass is 16.7. The maximum atomic E-state index is 12.7. The van der Waals surface area contributed by atoms with Crippen LogP contribution < -0.4 is 20.1 Å². The SMILES string of the molecule is O=C(CCC1NC(=O)N(Cc2ccc3c(c2)OCO3)C1=O)NC1CCCCCCC1. The number of fused-ring (bicyclic) bond motifs is 1. The number of urea groups is 1. The van der Waals surface area contributed by atoms with Gasteiger partial charge >= 0.3 is 6.03 Å². The topological polar surface area (TPSA) is 97.0 Å². The van der Waals surface area contributed by atoms with Crippen LogP contribution in [0.25, 0.3) is 0 Å². The molecule has 4 amide bonds. The summed E-state index contributed by atoms with van der Waals surface area (Å²) in [7, 11) is 0. The molecular formula is C22H29N3O5. The number of amides is 4. The van der Waals surface area contributed by atoms with E-state index in [9.17, 15) is 14.4 Å². The van der Waals surface area contributed by atoms with Crippen molar-refractivity contribution in [3.8, 4) is 11.5 Å². The van der Waals surface area contributed by atoms with E-state index in [4.69, 9.17) is 9.47 Å². The van der Waals surface area contributed by atoms with Crippen LogP contribution in [0.5, 0.6) is 11.5 Å². The number of hydrogen-bond donors (Lipinski definition) is 2. The minimum Gasteiger partial charge on any atom is -0.454 e. The first-order valence-electron chi connectivity index (χ1n) is 10.9. The molecular weight excluding hydrogens is 386 g/mol. The fourth-order valence-electron chi connectivity index (χ4n) is 4.32. The van der Waals surface area contributed by atoms with Crippen LogP contribution >= 0.6 is 0 Å². The third kappa shape index (κ3) is 4.86. The van der Waals surface area contributed by atoms with Gasteiger partial charge in [-0.1, -0.05) is 38.2 Å². The second kappa shape index (κ2) is 9.36. The number of ether oxygens (including phenoxy) is 2. The van der Waals surface area contributed by atoms with Gasteiger partial charge in [-0.3, -0.25) is 14.5 Å². The van der Waals surface area contributed by atoms with Gasteiger partial charge in [-0.05, 0) is 37.0 Å². The van der Waals surface area contributed by atoms with Crippen molar-refractivity contribution in [2.75, 3.05) is 6.79 Å². The van der Waals surface area contributed by atoms with E-state index in [0.717, 1.165) is 31.2 Å². The summed E-state index contributed by atoms with van der Waals surface area (Å²) in [6.07, 6.45) is 8.62. The van der Waals surface area contributed by atoms with E-state index in [1.807, 2.05) is 6.07 Å². The number of carbonyl (C=O) groups excluding carboxylic acids is 3. The van der Waals surface area contributed by atoms with Crippen molar-refractivity contribution < 1.29 is 23.9 Å². The van der Waals surface area contributed by atoms with Crippen LogP contribution in [-0.2, 0) is 16.1 Å². The largest absolute Gasteiger partial charge is 0.454 e.